The maximum Gasteiger partial charge on any atom is 0.194 e. The van der Waals surface area contributed by atoms with Crippen LogP contribution in [0.5, 0.6) is 11.5 Å². The van der Waals surface area contributed by atoms with Crippen LogP contribution >= 0.6 is 0 Å². The molecule has 1 N–H and O–H groups in total. The second-order valence-corrected chi connectivity index (χ2v) is 8.53. The van der Waals surface area contributed by atoms with Gasteiger partial charge in [0.2, 0.25) is 0 Å². The average molecular weight is 420 g/mol. The second-order valence-electron chi connectivity index (χ2n) is 8.53. The van der Waals surface area contributed by atoms with Crippen LogP contribution in [-0.4, -0.2) is 76.7 Å². The van der Waals surface area contributed by atoms with E-state index in [-0.39, 0.29) is 17.6 Å². The number of rotatable bonds is 7. The first-order valence-corrected chi connectivity index (χ1v) is 11.0. The van der Waals surface area contributed by atoms with Gasteiger partial charge in [-0.05, 0) is 37.5 Å². The van der Waals surface area contributed by atoms with Crippen molar-refractivity contribution in [3.05, 3.63) is 23.8 Å². The number of ether oxygens (including phenoxy) is 4. The largest absolute Gasteiger partial charge is 0.493 e. The van der Waals surface area contributed by atoms with E-state index in [0.29, 0.717) is 13.2 Å². The topological polar surface area (TPSA) is 64.6 Å². The van der Waals surface area contributed by atoms with Crippen molar-refractivity contribution >= 4 is 5.96 Å². The second kappa shape index (κ2) is 10.4. The number of methoxy groups -OCH3 is 2. The van der Waals surface area contributed by atoms with Gasteiger partial charge in [-0.1, -0.05) is 19.9 Å². The minimum Gasteiger partial charge on any atom is -0.493 e. The molecule has 0 aliphatic carbocycles. The fraction of sp³-hybridized carbons (Fsp3) is 0.696. The molecule has 0 bridgehead atoms. The first-order valence-electron chi connectivity index (χ1n) is 11.0. The zero-order valence-corrected chi connectivity index (χ0v) is 19.1. The molecule has 3 rings (SSSR count). The predicted octanol–water partition coefficient (Wildman–Crippen LogP) is 2.83. The number of morpholine rings is 1. The highest BCUT2D eigenvalue weighted by Crippen LogP contribution is 2.33. The van der Waals surface area contributed by atoms with Gasteiger partial charge in [-0.2, -0.15) is 0 Å². The number of aliphatic imine (C=N–C) groups is 1. The lowest BCUT2D eigenvalue weighted by Crippen LogP contribution is -2.53. The van der Waals surface area contributed by atoms with E-state index in [1.807, 2.05) is 12.1 Å². The van der Waals surface area contributed by atoms with Gasteiger partial charge in [0, 0.05) is 31.7 Å². The van der Waals surface area contributed by atoms with Crippen molar-refractivity contribution in [3.8, 4) is 11.5 Å². The molecule has 7 heteroatoms. The normalized spacial score (nSPS) is 22.8. The molecule has 0 radical (unpaired) electrons. The summed E-state index contributed by atoms with van der Waals surface area (Å²) in [6.45, 7) is 11.2. The summed E-state index contributed by atoms with van der Waals surface area (Å²) in [5, 5.41) is 3.46. The SMILES string of the molecule is CCNC(=NCC(C)(C)c1ccc(OC)c(OC)c1)N1CCOC(C2CCCO2)C1. The van der Waals surface area contributed by atoms with E-state index < -0.39 is 0 Å². The van der Waals surface area contributed by atoms with Crippen LogP contribution in [0.2, 0.25) is 0 Å². The summed E-state index contributed by atoms with van der Waals surface area (Å²) in [6, 6.07) is 6.09. The first kappa shape index (κ1) is 22.7. The van der Waals surface area contributed by atoms with Crippen LogP contribution in [0.3, 0.4) is 0 Å². The van der Waals surface area contributed by atoms with Gasteiger partial charge in [0.05, 0.1) is 33.5 Å². The number of nitrogens with one attached hydrogen (secondary N) is 1. The molecule has 0 spiro atoms. The fourth-order valence-corrected chi connectivity index (χ4v) is 4.04. The molecule has 2 unspecified atom stereocenters. The van der Waals surface area contributed by atoms with Gasteiger partial charge in [0.15, 0.2) is 17.5 Å². The van der Waals surface area contributed by atoms with Gasteiger partial charge < -0.3 is 29.2 Å². The first-order chi connectivity index (χ1) is 14.5. The summed E-state index contributed by atoms with van der Waals surface area (Å²) < 4.78 is 22.7. The number of nitrogens with zero attached hydrogens (tertiary/aromatic N) is 2. The Balaban J connectivity index is 1.73. The van der Waals surface area contributed by atoms with Crippen molar-refractivity contribution in [2.75, 3.05) is 53.6 Å². The maximum atomic E-state index is 6.01. The quantitative estimate of drug-likeness (QED) is 0.542. The van der Waals surface area contributed by atoms with Crippen molar-refractivity contribution in [1.82, 2.24) is 10.2 Å². The molecule has 2 aliphatic heterocycles. The number of hydrogen-bond acceptors (Lipinski definition) is 5. The zero-order valence-electron chi connectivity index (χ0n) is 19.1. The van der Waals surface area contributed by atoms with E-state index in [1.165, 1.54) is 5.56 Å². The van der Waals surface area contributed by atoms with Crippen LogP contribution < -0.4 is 14.8 Å². The highest BCUT2D eigenvalue weighted by atomic mass is 16.5. The molecule has 1 aromatic carbocycles. The van der Waals surface area contributed by atoms with E-state index >= 15 is 0 Å². The summed E-state index contributed by atoms with van der Waals surface area (Å²) >= 11 is 0. The maximum absolute atomic E-state index is 6.01. The Labute approximate surface area is 180 Å². The Morgan fingerprint density at radius 2 is 1.93 bits per heavy atom. The average Bonchev–Trinajstić information content (AvgIpc) is 3.31. The van der Waals surface area contributed by atoms with Crippen molar-refractivity contribution in [1.29, 1.82) is 0 Å². The Morgan fingerprint density at radius 3 is 2.60 bits per heavy atom. The smallest absolute Gasteiger partial charge is 0.194 e. The third-order valence-electron chi connectivity index (χ3n) is 5.90. The van der Waals surface area contributed by atoms with Crippen molar-refractivity contribution < 1.29 is 18.9 Å². The van der Waals surface area contributed by atoms with E-state index in [4.69, 9.17) is 23.9 Å². The van der Waals surface area contributed by atoms with Crippen LogP contribution in [0.25, 0.3) is 0 Å². The Morgan fingerprint density at radius 1 is 1.17 bits per heavy atom. The van der Waals surface area contributed by atoms with Crippen molar-refractivity contribution in [2.24, 2.45) is 4.99 Å². The predicted molar refractivity (Wildman–Crippen MR) is 119 cm³/mol. The summed E-state index contributed by atoms with van der Waals surface area (Å²) in [5.74, 6) is 2.42. The van der Waals surface area contributed by atoms with Crippen LogP contribution in [0.1, 0.15) is 39.2 Å². The molecule has 2 saturated heterocycles. The highest BCUT2D eigenvalue weighted by molar-refractivity contribution is 5.80. The van der Waals surface area contributed by atoms with Crippen LogP contribution in [0, 0.1) is 0 Å². The zero-order chi connectivity index (χ0) is 21.6. The minimum absolute atomic E-state index is 0.115. The highest BCUT2D eigenvalue weighted by Gasteiger charge is 2.32. The molecular formula is C23H37N3O4. The van der Waals surface area contributed by atoms with Gasteiger partial charge in [0.25, 0.3) is 0 Å². The molecule has 2 fully saturated rings. The molecular weight excluding hydrogens is 382 g/mol. The van der Waals surface area contributed by atoms with Gasteiger partial charge >= 0.3 is 0 Å². The summed E-state index contributed by atoms with van der Waals surface area (Å²) in [5.41, 5.74) is 1.01. The number of hydrogen-bond donors (Lipinski definition) is 1. The lowest BCUT2D eigenvalue weighted by atomic mass is 9.84. The standard InChI is InChI=1S/C23H37N3O4/c1-6-24-22(26-11-13-30-21(15-26)19-8-7-12-29-19)25-16-23(2,3)17-9-10-18(27-4)20(14-17)28-5/h9-10,14,19,21H,6-8,11-13,15-16H2,1-5H3,(H,24,25). The Kier molecular flexibility index (Phi) is 7.83. The molecule has 2 atom stereocenters. The van der Waals surface area contributed by atoms with E-state index in [9.17, 15) is 0 Å². The molecule has 2 aliphatic rings. The third kappa shape index (κ3) is 5.38. The number of benzene rings is 1. The monoisotopic (exact) mass is 419 g/mol. The van der Waals surface area contributed by atoms with Gasteiger partial charge in [0.1, 0.15) is 6.10 Å². The molecule has 7 nitrogen and oxygen atoms in total. The summed E-state index contributed by atoms with van der Waals surface area (Å²) in [7, 11) is 3.32. The van der Waals surface area contributed by atoms with E-state index in [0.717, 1.165) is 56.5 Å². The molecule has 168 valence electrons. The Bertz CT molecular complexity index is 716. The molecule has 30 heavy (non-hydrogen) atoms. The van der Waals surface area contributed by atoms with Crippen molar-refractivity contribution in [2.45, 2.75) is 51.2 Å². The Hall–Kier alpha value is -1.99. The molecule has 2 heterocycles. The third-order valence-corrected chi connectivity index (χ3v) is 5.90. The number of guanidine groups is 1. The van der Waals surface area contributed by atoms with Gasteiger partial charge in [-0.15, -0.1) is 0 Å². The van der Waals surface area contributed by atoms with Crippen LogP contribution in [0.4, 0.5) is 0 Å². The van der Waals surface area contributed by atoms with Crippen LogP contribution in [-0.2, 0) is 14.9 Å². The fourth-order valence-electron chi connectivity index (χ4n) is 4.04. The molecule has 0 saturated carbocycles. The van der Waals surface area contributed by atoms with Gasteiger partial charge in [-0.3, -0.25) is 4.99 Å². The van der Waals surface area contributed by atoms with E-state index in [2.05, 4.69) is 37.1 Å². The molecule has 0 amide bonds. The van der Waals surface area contributed by atoms with Crippen molar-refractivity contribution in [3.63, 3.8) is 0 Å². The minimum atomic E-state index is -0.152. The lowest BCUT2D eigenvalue weighted by Gasteiger charge is -2.37. The molecule has 0 aromatic heterocycles. The van der Waals surface area contributed by atoms with E-state index in [1.54, 1.807) is 14.2 Å². The lowest BCUT2D eigenvalue weighted by molar-refractivity contribution is -0.0817. The van der Waals surface area contributed by atoms with Gasteiger partial charge in [-0.25, -0.2) is 0 Å². The van der Waals surface area contributed by atoms with Crippen LogP contribution in [0.15, 0.2) is 23.2 Å². The summed E-state index contributed by atoms with van der Waals surface area (Å²) in [6.07, 6.45) is 2.53. The summed E-state index contributed by atoms with van der Waals surface area (Å²) in [4.78, 5) is 7.32. The molecule has 1 aromatic rings.